The average Bonchev–Trinajstić information content (AvgIpc) is 2.33. The van der Waals surface area contributed by atoms with Gasteiger partial charge in [-0.25, -0.2) is 4.98 Å². The Balaban J connectivity index is 2.70. The maximum absolute atomic E-state index is 5.39. The van der Waals surface area contributed by atoms with Crippen molar-refractivity contribution in [3.8, 4) is 11.3 Å². The summed E-state index contributed by atoms with van der Waals surface area (Å²) in [5.41, 5.74) is 5.89. The van der Waals surface area contributed by atoms with Gasteiger partial charge in [0.05, 0.1) is 5.69 Å². The summed E-state index contributed by atoms with van der Waals surface area (Å²) in [5, 5.41) is 0. The minimum Gasteiger partial charge on any atom is -0.343 e. The minimum atomic E-state index is 0.340. The first-order chi connectivity index (χ1) is 8.90. The number of aromatic nitrogens is 2. The average molecular weight is 272 g/mol. The van der Waals surface area contributed by atoms with Crippen LogP contribution in [0.2, 0.25) is 0 Å². The van der Waals surface area contributed by atoms with E-state index in [1.54, 1.807) is 0 Å². The van der Waals surface area contributed by atoms with Gasteiger partial charge < -0.3 is 4.98 Å². The van der Waals surface area contributed by atoms with E-state index in [0.29, 0.717) is 10.6 Å². The number of nitrogens with one attached hydrogen (secondary N) is 1. The largest absolute Gasteiger partial charge is 0.343 e. The van der Waals surface area contributed by atoms with Crippen molar-refractivity contribution in [2.24, 2.45) is 0 Å². The maximum atomic E-state index is 5.39. The lowest BCUT2D eigenvalue weighted by Gasteiger charge is -2.14. The van der Waals surface area contributed by atoms with E-state index in [4.69, 9.17) is 12.2 Å². The van der Waals surface area contributed by atoms with Crippen LogP contribution in [0, 0.1) is 25.4 Å². The zero-order valence-electron chi connectivity index (χ0n) is 12.2. The van der Waals surface area contributed by atoms with E-state index < -0.39 is 0 Å². The molecule has 1 heterocycles. The Morgan fingerprint density at radius 3 is 2.42 bits per heavy atom. The molecular formula is C16H20N2S. The molecule has 0 unspecified atom stereocenters. The molecule has 0 aliphatic rings. The van der Waals surface area contributed by atoms with Gasteiger partial charge in [-0.3, -0.25) is 0 Å². The molecule has 19 heavy (non-hydrogen) atoms. The van der Waals surface area contributed by atoms with E-state index in [9.17, 15) is 0 Å². The summed E-state index contributed by atoms with van der Waals surface area (Å²) >= 11 is 5.39. The molecular weight excluding hydrogens is 252 g/mol. The van der Waals surface area contributed by atoms with Gasteiger partial charge in [-0.1, -0.05) is 49.8 Å². The molecule has 2 aromatic rings. The van der Waals surface area contributed by atoms with Crippen LogP contribution in [0.25, 0.3) is 11.3 Å². The van der Waals surface area contributed by atoms with Crippen LogP contribution < -0.4 is 0 Å². The Kier molecular flexibility index (Phi) is 3.85. The van der Waals surface area contributed by atoms with Crippen molar-refractivity contribution in [3.05, 3.63) is 45.4 Å². The van der Waals surface area contributed by atoms with Gasteiger partial charge >= 0.3 is 0 Å². The van der Waals surface area contributed by atoms with Crippen molar-refractivity contribution < 1.29 is 0 Å². The number of H-pyrrole nitrogens is 1. The maximum Gasteiger partial charge on any atom is 0.133 e. The molecule has 0 atom stereocenters. The van der Waals surface area contributed by atoms with Gasteiger partial charge in [-0.15, -0.1) is 0 Å². The van der Waals surface area contributed by atoms with Crippen molar-refractivity contribution in [2.75, 3.05) is 0 Å². The molecule has 0 radical (unpaired) electrons. The normalized spacial score (nSPS) is 11.1. The quantitative estimate of drug-likeness (QED) is 0.791. The van der Waals surface area contributed by atoms with Crippen LogP contribution >= 0.6 is 12.2 Å². The van der Waals surface area contributed by atoms with Gasteiger partial charge in [0, 0.05) is 17.0 Å². The van der Waals surface area contributed by atoms with Crippen LogP contribution in [-0.4, -0.2) is 9.97 Å². The van der Waals surface area contributed by atoms with E-state index in [0.717, 1.165) is 17.1 Å². The summed E-state index contributed by atoms with van der Waals surface area (Å²) in [6.45, 7) is 10.5. The molecule has 0 aliphatic heterocycles. The Morgan fingerprint density at radius 1 is 1.16 bits per heavy atom. The lowest BCUT2D eigenvalue weighted by atomic mass is 10.00. The lowest BCUT2D eigenvalue weighted by molar-refractivity contribution is 0.770. The van der Waals surface area contributed by atoms with Crippen molar-refractivity contribution in [1.29, 1.82) is 0 Å². The van der Waals surface area contributed by atoms with Crippen molar-refractivity contribution in [3.63, 3.8) is 0 Å². The van der Waals surface area contributed by atoms with Crippen LogP contribution in [0.5, 0.6) is 0 Å². The molecule has 0 aliphatic carbocycles. The van der Waals surface area contributed by atoms with Gasteiger partial charge in [-0.2, -0.15) is 0 Å². The first-order valence-electron chi connectivity index (χ1n) is 6.58. The van der Waals surface area contributed by atoms with Gasteiger partial charge in [0.15, 0.2) is 0 Å². The minimum absolute atomic E-state index is 0.340. The zero-order chi connectivity index (χ0) is 14.2. The predicted octanol–water partition coefficient (Wildman–Crippen LogP) is 4.85. The SMILES string of the molecule is Cc1ccc(-c2[nH]c(C(C)C)nc(=S)c2C)c(C)c1. The number of aryl methyl sites for hydroxylation is 2. The Hall–Kier alpha value is -1.48. The molecule has 1 N–H and O–H groups in total. The number of hydrogen-bond donors (Lipinski definition) is 1. The molecule has 0 saturated heterocycles. The fourth-order valence-corrected chi connectivity index (χ4v) is 2.39. The first kappa shape index (κ1) is 13.9. The zero-order valence-corrected chi connectivity index (χ0v) is 13.0. The Bertz CT molecular complexity index is 669. The molecule has 1 aromatic heterocycles. The standard InChI is InChI=1S/C16H20N2S/c1-9(2)15-17-14(12(5)16(19)18-15)13-7-6-10(3)8-11(13)4/h6-9H,1-5H3,(H,17,18,19). The number of benzene rings is 1. The second kappa shape index (κ2) is 5.25. The molecule has 0 spiro atoms. The van der Waals surface area contributed by atoms with E-state index in [-0.39, 0.29) is 0 Å². The summed E-state index contributed by atoms with van der Waals surface area (Å²) in [6, 6.07) is 6.48. The molecule has 1 aromatic carbocycles. The second-order valence-corrected chi connectivity index (χ2v) is 5.79. The van der Waals surface area contributed by atoms with E-state index in [1.807, 2.05) is 6.92 Å². The predicted molar refractivity (Wildman–Crippen MR) is 83.2 cm³/mol. The fourth-order valence-electron chi connectivity index (χ4n) is 2.19. The Labute approximate surface area is 119 Å². The van der Waals surface area contributed by atoms with Gasteiger partial charge in [-0.05, 0) is 26.3 Å². The molecule has 2 nitrogen and oxygen atoms in total. The van der Waals surface area contributed by atoms with Gasteiger partial charge in [0.1, 0.15) is 10.5 Å². The van der Waals surface area contributed by atoms with Crippen LogP contribution in [0.4, 0.5) is 0 Å². The highest BCUT2D eigenvalue weighted by Crippen LogP contribution is 2.27. The van der Waals surface area contributed by atoms with Crippen LogP contribution in [-0.2, 0) is 0 Å². The molecule has 0 saturated carbocycles. The van der Waals surface area contributed by atoms with Crippen LogP contribution in [0.15, 0.2) is 18.2 Å². The number of aromatic amines is 1. The smallest absolute Gasteiger partial charge is 0.133 e. The van der Waals surface area contributed by atoms with Gasteiger partial charge in [0.25, 0.3) is 0 Å². The van der Waals surface area contributed by atoms with Crippen LogP contribution in [0.1, 0.15) is 42.3 Å². The third-order valence-electron chi connectivity index (χ3n) is 3.37. The highest BCUT2D eigenvalue weighted by molar-refractivity contribution is 7.71. The molecule has 0 fully saturated rings. The number of rotatable bonds is 2. The summed E-state index contributed by atoms with van der Waals surface area (Å²) < 4.78 is 0.692. The third kappa shape index (κ3) is 2.76. The van der Waals surface area contributed by atoms with E-state index >= 15 is 0 Å². The highest BCUT2D eigenvalue weighted by atomic mass is 32.1. The van der Waals surface area contributed by atoms with Crippen molar-refractivity contribution in [1.82, 2.24) is 9.97 Å². The van der Waals surface area contributed by atoms with E-state index in [1.165, 1.54) is 16.7 Å². The molecule has 3 heteroatoms. The molecule has 0 amide bonds. The van der Waals surface area contributed by atoms with Crippen LogP contribution in [0.3, 0.4) is 0 Å². The van der Waals surface area contributed by atoms with Crippen molar-refractivity contribution >= 4 is 12.2 Å². The molecule has 100 valence electrons. The number of nitrogens with zero attached hydrogens (tertiary/aromatic N) is 1. The monoisotopic (exact) mass is 272 g/mol. The number of hydrogen-bond acceptors (Lipinski definition) is 2. The first-order valence-corrected chi connectivity index (χ1v) is 6.99. The van der Waals surface area contributed by atoms with Crippen molar-refractivity contribution in [2.45, 2.75) is 40.5 Å². The van der Waals surface area contributed by atoms with E-state index in [2.05, 4.69) is 55.9 Å². The lowest BCUT2D eigenvalue weighted by Crippen LogP contribution is -2.03. The third-order valence-corrected chi connectivity index (χ3v) is 3.77. The molecule has 2 rings (SSSR count). The topological polar surface area (TPSA) is 28.7 Å². The van der Waals surface area contributed by atoms with Gasteiger partial charge in [0.2, 0.25) is 0 Å². The molecule has 0 bridgehead atoms. The summed E-state index contributed by atoms with van der Waals surface area (Å²) in [6.07, 6.45) is 0. The second-order valence-electron chi connectivity index (χ2n) is 5.40. The highest BCUT2D eigenvalue weighted by Gasteiger charge is 2.11. The summed E-state index contributed by atoms with van der Waals surface area (Å²) in [4.78, 5) is 7.92. The summed E-state index contributed by atoms with van der Waals surface area (Å²) in [5.74, 6) is 1.29. The fraction of sp³-hybridized carbons (Fsp3) is 0.375. The Morgan fingerprint density at radius 2 is 1.84 bits per heavy atom. The summed E-state index contributed by atoms with van der Waals surface area (Å²) in [7, 11) is 0.